The number of carbonyl (C=O) groups is 1. The largest absolute Gasteiger partial charge is 0.419 e. The third-order valence-corrected chi connectivity index (χ3v) is 2.54. The Bertz CT molecular complexity index is 454. The predicted molar refractivity (Wildman–Crippen MR) is 63.2 cm³/mol. The lowest BCUT2D eigenvalue weighted by Gasteiger charge is -2.10. The lowest BCUT2D eigenvalue weighted by atomic mass is 10.1. The molecule has 1 rings (SSSR count). The van der Waals surface area contributed by atoms with E-state index in [4.69, 9.17) is 0 Å². The molecule has 0 saturated heterocycles. The molecule has 0 atom stereocenters. The average Bonchev–Trinajstić information content (AvgIpc) is 2.26. The van der Waals surface area contributed by atoms with Gasteiger partial charge in [-0.1, -0.05) is 13.8 Å². The molecule has 1 aromatic rings. The molecular weight excluding hydrogens is 262 g/mol. The normalized spacial score (nSPS) is 11.7. The van der Waals surface area contributed by atoms with Crippen molar-refractivity contribution in [3.8, 4) is 0 Å². The molecule has 1 aromatic carbocycles. The van der Waals surface area contributed by atoms with Crippen LogP contribution in [0.4, 0.5) is 17.6 Å². The topological polar surface area (TPSA) is 29.1 Å². The van der Waals surface area contributed by atoms with Gasteiger partial charge in [0.05, 0.1) is 5.56 Å². The summed E-state index contributed by atoms with van der Waals surface area (Å²) >= 11 is 0. The van der Waals surface area contributed by atoms with Crippen LogP contribution in [-0.2, 0) is 6.18 Å². The van der Waals surface area contributed by atoms with Crippen molar-refractivity contribution >= 4 is 5.91 Å². The first kappa shape index (κ1) is 15.5. The molecular formula is C13H15F4NO. The third-order valence-electron chi connectivity index (χ3n) is 2.54. The Morgan fingerprint density at radius 2 is 1.95 bits per heavy atom. The zero-order valence-corrected chi connectivity index (χ0v) is 10.6. The van der Waals surface area contributed by atoms with E-state index in [1.807, 2.05) is 13.8 Å². The van der Waals surface area contributed by atoms with Crippen molar-refractivity contribution in [2.24, 2.45) is 5.92 Å². The van der Waals surface area contributed by atoms with Gasteiger partial charge in [0.25, 0.3) is 5.91 Å². The van der Waals surface area contributed by atoms with Crippen LogP contribution >= 0.6 is 0 Å². The molecule has 1 amide bonds. The molecule has 0 bridgehead atoms. The summed E-state index contributed by atoms with van der Waals surface area (Å²) in [5.74, 6) is -1.62. The number of hydrogen-bond acceptors (Lipinski definition) is 1. The number of rotatable bonds is 4. The van der Waals surface area contributed by atoms with E-state index in [2.05, 4.69) is 5.32 Å². The fourth-order valence-corrected chi connectivity index (χ4v) is 1.46. The molecule has 1 N–H and O–H groups in total. The number of alkyl halides is 3. The van der Waals surface area contributed by atoms with Crippen LogP contribution in [0.5, 0.6) is 0 Å². The molecule has 0 spiro atoms. The van der Waals surface area contributed by atoms with Gasteiger partial charge in [0, 0.05) is 12.1 Å². The Balaban J connectivity index is 2.75. The number of benzene rings is 1. The zero-order chi connectivity index (χ0) is 14.6. The van der Waals surface area contributed by atoms with Crippen LogP contribution in [0, 0.1) is 11.7 Å². The van der Waals surface area contributed by atoms with Crippen molar-refractivity contribution in [2.75, 3.05) is 6.54 Å². The van der Waals surface area contributed by atoms with Crippen molar-refractivity contribution in [3.63, 3.8) is 0 Å². The van der Waals surface area contributed by atoms with Gasteiger partial charge in [-0.25, -0.2) is 4.39 Å². The molecule has 0 aliphatic carbocycles. The average molecular weight is 277 g/mol. The quantitative estimate of drug-likeness (QED) is 0.837. The summed E-state index contributed by atoms with van der Waals surface area (Å²) in [7, 11) is 0. The lowest BCUT2D eigenvalue weighted by Crippen LogP contribution is -2.25. The van der Waals surface area contributed by atoms with Crippen LogP contribution in [0.25, 0.3) is 0 Å². The zero-order valence-electron chi connectivity index (χ0n) is 10.6. The Kier molecular flexibility index (Phi) is 4.91. The Hall–Kier alpha value is -1.59. The van der Waals surface area contributed by atoms with Crippen LogP contribution < -0.4 is 5.32 Å². The molecule has 0 aromatic heterocycles. The summed E-state index contributed by atoms with van der Waals surface area (Å²) in [5.41, 5.74) is -1.49. The fraction of sp³-hybridized carbons (Fsp3) is 0.462. The Labute approximate surface area is 108 Å². The van der Waals surface area contributed by atoms with E-state index in [1.165, 1.54) is 0 Å². The van der Waals surface area contributed by atoms with Crippen molar-refractivity contribution in [2.45, 2.75) is 26.4 Å². The maximum atomic E-state index is 13.3. The second-order valence-electron chi connectivity index (χ2n) is 4.63. The summed E-state index contributed by atoms with van der Waals surface area (Å²) < 4.78 is 50.3. The highest BCUT2D eigenvalue weighted by molar-refractivity contribution is 5.94. The van der Waals surface area contributed by atoms with Gasteiger partial charge in [-0.2, -0.15) is 13.2 Å². The fourth-order valence-electron chi connectivity index (χ4n) is 1.46. The predicted octanol–water partition coefficient (Wildman–Crippen LogP) is 3.62. The first-order valence-electron chi connectivity index (χ1n) is 5.86. The molecule has 19 heavy (non-hydrogen) atoms. The molecule has 6 heteroatoms. The monoisotopic (exact) mass is 277 g/mol. The van der Waals surface area contributed by atoms with E-state index in [1.54, 1.807) is 0 Å². The SMILES string of the molecule is CC(C)CCNC(=O)c1ccc(C(F)(F)F)c(F)c1. The van der Waals surface area contributed by atoms with E-state index < -0.39 is 23.5 Å². The third kappa shape index (κ3) is 4.54. The van der Waals surface area contributed by atoms with Gasteiger partial charge in [-0.15, -0.1) is 0 Å². The van der Waals surface area contributed by atoms with E-state index in [-0.39, 0.29) is 5.56 Å². The van der Waals surface area contributed by atoms with Gasteiger partial charge in [0.15, 0.2) is 0 Å². The maximum absolute atomic E-state index is 13.3. The van der Waals surface area contributed by atoms with E-state index >= 15 is 0 Å². The van der Waals surface area contributed by atoms with Crippen LogP contribution in [-0.4, -0.2) is 12.5 Å². The minimum absolute atomic E-state index is 0.116. The number of hydrogen-bond donors (Lipinski definition) is 1. The smallest absolute Gasteiger partial charge is 0.352 e. The molecule has 2 nitrogen and oxygen atoms in total. The van der Waals surface area contributed by atoms with Crippen molar-refractivity contribution in [1.29, 1.82) is 0 Å². The van der Waals surface area contributed by atoms with Crippen LogP contribution in [0.1, 0.15) is 36.2 Å². The van der Waals surface area contributed by atoms with Gasteiger partial charge in [-0.05, 0) is 30.5 Å². The minimum atomic E-state index is -4.75. The second kappa shape index (κ2) is 6.04. The van der Waals surface area contributed by atoms with Crippen molar-refractivity contribution in [1.82, 2.24) is 5.32 Å². The Morgan fingerprint density at radius 3 is 2.42 bits per heavy atom. The first-order chi connectivity index (χ1) is 8.71. The lowest BCUT2D eigenvalue weighted by molar-refractivity contribution is -0.140. The van der Waals surface area contributed by atoms with Gasteiger partial charge in [0.1, 0.15) is 5.82 Å². The highest BCUT2D eigenvalue weighted by atomic mass is 19.4. The molecule has 0 heterocycles. The van der Waals surface area contributed by atoms with Crippen molar-refractivity contribution < 1.29 is 22.4 Å². The number of carbonyl (C=O) groups excluding carboxylic acids is 1. The number of halogens is 4. The first-order valence-corrected chi connectivity index (χ1v) is 5.86. The molecule has 106 valence electrons. The molecule has 0 fully saturated rings. The van der Waals surface area contributed by atoms with Crippen molar-refractivity contribution in [3.05, 3.63) is 35.1 Å². The Morgan fingerprint density at radius 1 is 1.32 bits per heavy atom. The summed E-state index contributed by atoms with van der Waals surface area (Å²) in [6.45, 7) is 4.35. The second-order valence-corrected chi connectivity index (χ2v) is 4.63. The molecule has 0 saturated carbocycles. The summed E-state index contributed by atoms with van der Waals surface area (Å²) in [6.07, 6.45) is -4.01. The summed E-state index contributed by atoms with van der Waals surface area (Å²) in [6, 6.07) is 2.15. The van der Waals surface area contributed by atoms with Crippen LogP contribution in [0.15, 0.2) is 18.2 Å². The highest BCUT2D eigenvalue weighted by Gasteiger charge is 2.34. The van der Waals surface area contributed by atoms with Gasteiger partial charge in [-0.3, -0.25) is 4.79 Å². The minimum Gasteiger partial charge on any atom is -0.352 e. The van der Waals surface area contributed by atoms with E-state index in [0.29, 0.717) is 24.6 Å². The van der Waals surface area contributed by atoms with Crippen LogP contribution in [0.3, 0.4) is 0 Å². The van der Waals surface area contributed by atoms with Gasteiger partial charge < -0.3 is 5.32 Å². The standard InChI is InChI=1S/C13H15F4NO/c1-8(2)5-6-18-12(19)9-3-4-10(11(14)7-9)13(15,16)17/h3-4,7-8H,5-6H2,1-2H3,(H,18,19). The maximum Gasteiger partial charge on any atom is 0.419 e. The van der Waals surface area contributed by atoms with Gasteiger partial charge >= 0.3 is 6.18 Å². The molecule has 0 aliphatic rings. The van der Waals surface area contributed by atoms with Crippen LogP contribution in [0.2, 0.25) is 0 Å². The summed E-state index contributed by atoms with van der Waals surface area (Å²) in [5, 5.41) is 2.53. The highest BCUT2D eigenvalue weighted by Crippen LogP contribution is 2.31. The molecule has 0 unspecified atom stereocenters. The number of nitrogens with one attached hydrogen (secondary N) is 1. The van der Waals surface area contributed by atoms with Gasteiger partial charge in [0.2, 0.25) is 0 Å². The number of amides is 1. The molecule has 0 aliphatic heterocycles. The van der Waals surface area contributed by atoms with E-state index in [0.717, 1.165) is 12.5 Å². The van der Waals surface area contributed by atoms with E-state index in [9.17, 15) is 22.4 Å². The summed E-state index contributed by atoms with van der Waals surface area (Å²) in [4.78, 5) is 11.6. The molecule has 0 radical (unpaired) electrons.